The van der Waals surface area contributed by atoms with Gasteiger partial charge in [-0.15, -0.1) is 0 Å². The lowest BCUT2D eigenvalue weighted by molar-refractivity contribution is -0.159. The molecule has 0 fully saturated rings. The van der Waals surface area contributed by atoms with Gasteiger partial charge in [0.2, 0.25) is 0 Å². The molecule has 2 N–H and O–H groups in total. The van der Waals surface area contributed by atoms with Crippen molar-refractivity contribution in [2.45, 2.75) is 26.3 Å². The minimum Gasteiger partial charge on any atom is -0.480 e. The summed E-state index contributed by atoms with van der Waals surface area (Å²) in [6, 6.07) is 0.0461. The van der Waals surface area contributed by atoms with E-state index in [1.54, 1.807) is 0 Å². The first-order valence-electron chi connectivity index (χ1n) is 8.01. The van der Waals surface area contributed by atoms with Crippen LogP contribution in [0.25, 0.3) is 0 Å². The lowest BCUT2D eigenvalue weighted by Gasteiger charge is -2.22. The van der Waals surface area contributed by atoms with Crippen molar-refractivity contribution in [3.8, 4) is 0 Å². The van der Waals surface area contributed by atoms with Crippen molar-refractivity contribution in [3.63, 3.8) is 0 Å². The fourth-order valence-corrected chi connectivity index (χ4v) is 2.23. The molecule has 0 aliphatic heterocycles. The average Bonchev–Trinajstić information content (AvgIpc) is 2.57. The maximum absolute atomic E-state index is 13.3. The zero-order valence-corrected chi connectivity index (χ0v) is 14.7. The molecule has 0 saturated carbocycles. The molecule has 27 heavy (non-hydrogen) atoms. The van der Waals surface area contributed by atoms with Gasteiger partial charge in [-0.05, 0) is 26.0 Å². The van der Waals surface area contributed by atoms with Gasteiger partial charge in [0.1, 0.15) is 17.7 Å². The third kappa shape index (κ3) is 6.65. The molecule has 2 atom stereocenters. The van der Waals surface area contributed by atoms with Crippen molar-refractivity contribution in [2.75, 3.05) is 13.2 Å². The van der Waals surface area contributed by atoms with Gasteiger partial charge < -0.3 is 19.9 Å². The molecule has 0 aliphatic carbocycles. The second-order valence-electron chi connectivity index (χ2n) is 5.32. The number of carbonyl (C=O) groups is 4. The molecule has 1 amide bonds. The number of esters is 2. The number of halogens is 2. The van der Waals surface area contributed by atoms with Crippen LogP contribution in [0.5, 0.6) is 0 Å². The standard InChI is InChI=1S/C17H19F2NO7/c1-3-26-13(21)8-12(17(25)27-4-2)14(16(23)24)20-15(22)9-5-10(18)7-11(19)6-9/h5-7,12,14H,3-4,8H2,1-2H3,(H,20,22)(H,23,24)/t12-,14+/m1/s1. The van der Waals surface area contributed by atoms with Gasteiger partial charge in [-0.3, -0.25) is 14.4 Å². The molecule has 8 nitrogen and oxygen atoms in total. The lowest BCUT2D eigenvalue weighted by atomic mass is 9.95. The molecular formula is C17H19F2NO7. The number of benzene rings is 1. The third-order valence-corrected chi connectivity index (χ3v) is 3.36. The van der Waals surface area contributed by atoms with Gasteiger partial charge in [-0.2, -0.15) is 0 Å². The summed E-state index contributed by atoms with van der Waals surface area (Å²) in [7, 11) is 0. The fraction of sp³-hybridized carbons (Fsp3) is 0.412. The Morgan fingerprint density at radius 3 is 2.07 bits per heavy atom. The number of nitrogens with one attached hydrogen (secondary N) is 1. The number of aliphatic carboxylic acids is 1. The highest BCUT2D eigenvalue weighted by atomic mass is 19.1. The van der Waals surface area contributed by atoms with Crippen LogP contribution >= 0.6 is 0 Å². The van der Waals surface area contributed by atoms with Gasteiger partial charge in [0.25, 0.3) is 5.91 Å². The first-order chi connectivity index (χ1) is 12.7. The number of carbonyl (C=O) groups excluding carboxylic acids is 3. The highest BCUT2D eigenvalue weighted by Gasteiger charge is 2.38. The van der Waals surface area contributed by atoms with Gasteiger partial charge in [-0.1, -0.05) is 0 Å². The number of rotatable bonds is 9. The fourth-order valence-electron chi connectivity index (χ4n) is 2.23. The molecule has 0 spiro atoms. The van der Waals surface area contributed by atoms with Crippen LogP contribution in [-0.4, -0.2) is 48.2 Å². The van der Waals surface area contributed by atoms with E-state index in [0.29, 0.717) is 18.2 Å². The molecule has 0 bridgehead atoms. The van der Waals surface area contributed by atoms with Gasteiger partial charge in [0.05, 0.1) is 25.6 Å². The van der Waals surface area contributed by atoms with Gasteiger partial charge in [0.15, 0.2) is 0 Å². The van der Waals surface area contributed by atoms with Crippen LogP contribution in [0.15, 0.2) is 18.2 Å². The summed E-state index contributed by atoms with van der Waals surface area (Å²) < 4.78 is 36.0. The quantitative estimate of drug-likeness (QED) is 0.613. The van der Waals surface area contributed by atoms with Crippen LogP contribution in [0.3, 0.4) is 0 Å². The summed E-state index contributed by atoms with van der Waals surface area (Å²) in [5.74, 6) is -8.36. The first kappa shape index (κ1) is 22.0. The Morgan fingerprint density at radius 1 is 1.04 bits per heavy atom. The predicted molar refractivity (Wildman–Crippen MR) is 86.6 cm³/mol. The first-order valence-corrected chi connectivity index (χ1v) is 8.01. The van der Waals surface area contributed by atoms with Crippen LogP contribution in [0.1, 0.15) is 30.6 Å². The largest absolute Gasteiger partial charge is 0.480 e. The highest BCUT2D eigenvalue weighted by molar-refractivity contribution is 5.98. The van der Waals surface area contributed by atoms with Crippen LogP contribution < -0.4 is 5.32 Å². The zero-order valence-electron chi connectivity index (χ0n) is 14.7. The summed E-state index contributed by atoms with van der Waals surface area (Å²) >= 11 is 0. The predicted octanol–water partition coefficient (Wildman–Crippen LogP) is 1.28. The maximum atomic E-state index is 13.3. The molecule has 1 rings (SSSR count). The summed E-state index contributed by atoms with van der Waals surface area (Å²) in [5.41, 5.74) is -0.488. The molecular weight excluding hydrogens is 368 g/mol. The molecule has 0 heterocycles. The average molecular weight is 387 g/mol. The summed E-state index contributed by atoms with van der Waals surface area (Å²) in [5, 5.41) is 11.4. The minimum absolute atomic E-state index is 0.00104. The van der Waals surface area contributed by atoms with Crippen LogP contribution in [-0.2, 0) is 23.9 Å². The topological polar surface area (TPSA) is 119 Å². The monoisotopic (exact) mass is 387 g/mol. The van der Waals surface area contributed by atoms with E-state index in [1.165, 1.54) is 13.8 Å². The molecule has 10 heteroatoms. The van der Waals surface area contributed by atoms with Crippen molar-refractivity contribution in [1.82, 2.24) is 5.32 Å². The Hall–Kier alpha value is -3.04. The van der Waals surface area contributed by atoms with Gasteiger partial charge in [0, 0.05) is 11.6 Å². The van der Waals surface area contributed by atoms with Crippen molar-refractivity contribution in [3.05, 3.63) is 35.4 Å². The minimum atomic E-state index is -1.88. The third-order valence-electron chi connectivity index (χ3n) is 3.36. The van der Waals surface area contributed by atoms with Crippen LogP contribution in [0.4, 0.5) is 8.78 Å². The molecule has 0 aromatic heterocycles. The van der Waals surface area contributed by atoms with Gasteiger partial charge >= 0.3 is 17.9 Å². The molecule has 1 aromatic rings. The van der Waals surface area contributed by atoms with E-state index in [0.717, 1.165) is 0 Å². The SMILES string of the molecule is CCOC(=O)C[C@@H](C(=O)OCC)[C@H](NC(=O)c1cc(F)cc(F)c1)C(=O)O. The van der Waals surface area contributed by atoms with E-state index >= 15 is 0 Å². The number of hydrogen-bond acceptors (Lipinski definition) is 6. The van der Waals surface area contributed by atoms with Crippen LogP contribution in [0, 0.1) is 17.6 Å². The maximum Gasteiger partial charge on any atom is 0.327 e. The molecule has 0 unspecified atom stereocenters. The van der Waals surface area contributed by atoms with E-state index in [-0.39, 0.29) is 13.2 Å². The van der Waals surface area contributed by atoms with Gasteiger partial charge in [-0.25, -0.2) is 13.6 Å². The van der Waals surface area contributed by atoms with Crippen LogP contribution in [0.2, 0.25) is 0 Å². The Labute approximate surface area is 153 Å². The summed E-state index contributed by atoms with van der Waals surface area (Å²) in [6.45, 7) is 2.91. The zero-order chi connectivity index (χ0) is 20.6. The molecule has 148 valence electrons. The van der Waals surface area contributed by atoms with E-state index in [9.17, 15) is 33.1 Å². The Balaban J connectivity index is 3.11. The van der Waals surface area contributed by atoms with E-state index < -0.39 is 59.4 Å². The number of amides is 1. The van der Waals surface area contributed by atoms with E-state index in [2.05, 4.69) is 0 Å². The molecule has 1 aromatic carbocycles. The summed E-state index contributed by atoms with van der Waals surface area (Å²) in [6.07, 6.45) is -0.665. The van der Waals surface area contributed by atoms with E-state index in [4.69, 9.17) is 9.47 Å². The molecule has 0 radical (unpaired) electrons. The van der Waals surface area contributed by atoms with E-state index in [1.807, 2.05) is 5.32 Å². The second kappa shape index (κ2) is 10.2. The smallest absolute Gasteiger partial charge is 0.327 e. The number of carboxylic acids is 1. The normalized spacial score (nSPS) is 12.6. The second-order valence-corrected chi connectivity index (χ2v) is 5.32. The van der Waals surface area contributed by atoms with Crippen molar-refractivity contribution in [2.24, 2.45) is 5.92 Å². The molecule has 0 saturated heterocycles. The molecule has 0 aliphatic rings. The lowest BCUT2D eigenvalue weighted by Crippen LogP contribution is -2.49. The van der Waals surface area contributed by atoms with Crippen molar-refractivity contribution >= 4 is 23.8 Å². The Bertz CT molecular complexity index is 703. The number of carboxylic acid groups (broad SMARTS) is 1. The number of ether oxygens (including phenoxy) is 2. The van der Waals surface area contributed by atoms with Crippen molar-refractivity contribution in [1.29, 1.82) is 0 Å². The Morgan fingerprint density at radius 2 is 1.59 bits per heavy atom. The highest BCUT2D eigenvalue weighted by Crippen LogP contribution is 2.16. The Kier molecular flexibility index (Phi) is 8.31. The number of hydrogen-bond donors (Lipinski definition) is 2. The van der Waals surface area contributed by atoms with Crippen molar-refractivity contribution < 1.29 is 42.5 Å². The summed E-state index contributed by atoms with van der Waals surface area (Å²) in [4.78, 5) is 47.5.